The molecule has 3 aromatic rings. The van der Waals surface area contributed by atoms with E-state index in [4.69, 9.17) is 4.74 Å². The molecule has 0 bridgehead atoms. The van der Waals surface area contributed by atoms with Crippen LogP contribution in [0.1, 0.15) is 44.3 Å². The average Bonchev–Trinajstić information content (AvgIpc) is 3.54. The number of likely N-dealkylation sites (N-methyl/N-ethyl adjacent to an activating group) is 1. The van der Waals surface area contributed by atoms with Gasteiger partial charge in [0, 0.05) is 36.9 Å². The first-order valence-corrected chi connectivity index (χ1v) is 12.9. The summed E-state index contributed by atoms with van der Waals surface area (Å²) in [6.07, 6.45) is 2.45. The third-order valence-corrected chi connectivity index (χ3v) is 7.83. The van der Waals surface area contributed by atoms with Gasteiger partial charge in [0.05, 0.1) is 17.7 Å². The first-order valence-electron chi connectivity index (χ1n) is 11.1. The summed E-state index contributed by atoms with van der Waals surface area (Å²) in [5, 5.41) is 6.57. The van der Waals surface area contributed by atoms with Crippen LogP contribution in [0.25, 0.3) is 0 Å². The molecule has 1 fully saturated rings. The number of hydrogen-bond donors (Lipinski definition) is 0. The quantitative estimate of drug-likeness (QED) is 0.486. The Kier molecular flexibility index (Phi) is 7.45. The number of likely N-dealkylation sites (tertiary alicyclic amines) is 1. The molecule has 1 aromatic carbocycles. The van der Waals surface area contributed by atoms with Gasteiger partial charge in [-0.1, -0.05) is 12.1 Å². The zero-order valence-corrected chi connectivity index (χ0v) is 20.8. The van der Waals surface area contributed by atoms with Crippen molar-refractivity contribution in [1.82, 2.24) is 14.8 Å². The highest BCUT2D eigenvalue weighted by atomic mass is 32.1. The van der Waals surface area contributed by atoms with Gasteiger partial charge < -0.3 is 14.5 Å². The number of carbonyl (C=O) groups is 2. The zero-order chi connectivity index (χ0) is 23.4. The number of hydrogen-bond acceptors (Lipinski definition) is 6. The monoisotopic (exact) mass is 483 g/mol. The van der Waals surface area contributed by atoms with Crippen LogP contribution < -0.4 is 4.74 Å². The zero-order valence-electron chi connectivity index (χ0n) is 19.2. The molecular formula is C25H29N3O3S2. The highest BCUT2D eigenvalue weighted by molar-refractivity contribution is 7.09. The lowest BCUT2D eigenvalue weighted by Crippen LogP contribution is -2.48. The van der Waals surface area contributed by atoms with Gasteiger partial charge in [0.25, 0.3) is 11.8 Å². The summed E-state index contributed by atoms with van der Waals surface area (Å²) in [6, 6.07) is 9.96. The summed E-state index contributed by atoms with van der Waals surface area (Å²) in [5.41, 5.74) is 2.40. The van der Waals surface area contributed by atoms with Crippen LogP contribution >= 0.6 is 22.7 Å². The van der Waals surface area contributed by atoms with Gasteiger partial charge in [-0.15, -0.1) is 11.3 Å². The van der Waals surface area contributed by atoms with Crippen LogP contribution in [-0.2, 0) is 6.42 Å². The standard InChI is InChI=1S/C25H29N3O3S2/c1-17-26-22(16-33-17)25(30)28-10-7-19(8-11-28)23(14-18-5-4-6-21(13-18)31-3)27(2)24(29)20-9-12-32-15-20/h4-6,9,12-13,15-16,19,23H,7-8,10-11,14H2,1-3H3. The molecule has 3 heterocycles. The Hall–Kier alpha value is -2.71. The van der Waals surface area contributed by atoms with Crippen molar-refractivity contribution in [3.63, 3.8) is 0 Å². The Morgan fingerprint density at radius 2 is 2.03 bits per heavy atom. The molecule has 1 aliphatic rings. The highest BCUT2D eigenvalue weighted by Crippen LogP contribution is 2.29. The number of piperidine rings is 1. The molecule has 0 radical (unpaired) electrons. The molecule has 1 atom stereocenters. The number of benzene rings is 1. The van der Waals surface area contributed by atoms with Crippen molar-refractivity contribution in [3.8, 4) is 5.75 Å². The van der Waals surface area contributed by atoms with Crippen LogP contribution in [0.5, 0.6) is 5.75 Å². The van der Waals surface area contributed by atoms with E-state index in [-0.39, 0.29) is 17.9 Å². The molecule has 33 heavy (non-hydrogen) atoms. The summed E-state index contributed by atoms with van der Waals surface area (Å²) < 4.78 is 5.40. The molecule has 4 rings (SSSR count). The van der Waals surface area contributed by atoms with E-state index < -0.39 is 0 Å². The topological polar surface area (TPSA) is 62.7 Å². The fraction of sp³-hybridized carbons (Fsp3) is 0.400. The number of thiazole rings is 1. The average molecular weight is 484 g/mol. The van der Waals surface area contributed by atoms with Crippen molar-refractivity contribution in [2.24, 2.45) is 5.92 Å². The van der Waals surface area contributed by atoms with E-state index in [1.807, 2.05) is 64.2 Å². The predicted molar refractivity (Wildman–Crippen MR) is 132 cm³/mol. The smallest absolute Gasteiger partial charge is 0.273 e. The summed E-state index contributed by atoms with van der Waals surface area (Å²) in [4.78, 5) is 34.2. The predicted octanol–water partition coefficient (Wildman–Crippen LogP) is 4.76. The normalized spacial score (nSPS) is 15.3. The Morgan fingerprint density at radius 1 is 1.24 bits per heavy atom. The van der Waals surface area contributed by atoms with Gasteiger partial charge in [-0.25, -0.2) is 4.98 Å². The largest absolute Gasteiger partial charge is 0.497 e. The molecule has 6 nitrogen and oxygen atoms in total. The number of methoxy groups -OCH3 is 1. The number of nitrogens with zero attached hydrogens (tertiary/aromatic N) is 3. The highest BCUT2D eigenvalue weighted by Gasteiger charge is 2.33. The number of amides is 2. The first kappa shape index (κ1) is 23.4. The maximum Gasteiger partial charge on any atom is 0.273 e. The molecule has 2 amide bonds. The van der Waals surface area contributed by atoms with Gasteiger partial charge in [-0.3, -0.25) is 9.59 Å². The molecule has 2 aromatic heterocycles. The van der Waals surface area contributed by atoms with Crippen molar-refractivity contribution in [2.45, 2.75) is 32.2 Å². The van der Waals surface area contributed by atoms with Crippen molar-refractivity contribution in [3.05, 3.63) is 68.3 Å². The summed E-state index contributed by atoms with van der Waals surface area (Å²) in [7, 11) is 3.57. The molecule has 0 aliphatic carbocycles. The van der Waals surface area contributed by atoms with E-state index in [1.165, 1.54) is 22.7 Å². The van der Waals surface area contributed by atoms with Crippen LogP contribution in [0.15, 0.2) is 46.5 Å². The number of thiophene rings is 1. The minimum absolute atomic E-state index is 0.00449. The lowest BCUT2D eigenvalue weighted by molar-refractivity contribution is 0.0520. The number of carbonyl (C=O) groups excluding carboxylic acids is 2. The van der Waals surface area contributed by atoms with Crippen molar-refractivity contribution in [2.75, 3.05) is 27.2 Å². The Labute approximate surface area is 202 Å². The Balaban J connectivity index is 1.50. The van der Waals surface area contributed by atoms with Crippen molar-refractivity contribution < 1.29 is 14.3 Å². The SMILES string of the molecule is COc1cccc(CC(C2CCN(C(=O)c3csc(C)n3)CC2)N(C)C(=O)c2ccsc2)c1. The fourth-order valence-corrected chi connectivity index (χ4v) is 5.73. The summed E-state index contributed by atoms with van der Waals surface area (Å²) >= 11 is 3.03. The third-order valence-electron chi connectivity index (χ3n) is 6.37. The molecule has 174 valence electrons. The van der Waals surface area contributed by atoms with E-state index in [9.17, 15) is 9.59 Å². The number of aryl methyl sites for hydroxylation is 1. The second-order valence-electron chi connectivity index (χ2n) is 8.43. The van der Waals surface area contributed by atoms with Gasteiger partial charge in [0.15, 0.2) is 0 Å². The van der Waals surface area contributed by atoms with Crippen LogP contribution in [0.4, 0.5) is 0 Å². The minimum atomic E-state index is 0.00449. The Morgan fingerprint density at radius 3 is 2.67 bits per heavy atom. The molecule has 1 unspecified atom stereocenters. The maximum atomic E-state index is 13.2. The summed E-state index contributed by atoms with van der Waals surface area (Å²) in [5.74, 6) is 1.16. The lowest BCUT2D eigenvalue weighted by atomic mass is 9.84. The molecule has 1 aliphatic heterocycles. The van der Waals surface area contributed by atoms with Gasteiger partial charge >= 0.3 is 0 Å². The van der Waals surface area contributed by atoms with Crippen LogP contribution in [-0.4, -0.2) is 59.9 Å². The van der Waals surface area contributed by atoms with E-state index in [0.29, 0.717) is 24.7 Å². The number of aromatic nitrogens is 1. The van der Waals surface area contributed by atoms with Crippen LogP contribution in [0.2, 0.25) is 0 Å². The van der Waals surface area contributed by atoms with E-state index >= 15 is 0 Å². The van der Waals surface area contributed by atoms with E-state index in [2.05, 4.69) is 11.1 Å². The molecule has 0 spiro atoms. The molecule has 0 N–H and O–H groups in total. The maximum absolute atomic E-state index is 13.2. The van der Waals surface area contributed by atoms with Gasteiger partial charge in [0.1, 0.15) is 11.4 Å². The molecule has 0 saturated carbocycles. The first-order chi connectivity index (χ1) is 16.0. The fourth-order valence-electron chi connectivity index (χ4n) is 4.51. The molecular weight excluding hydrogens is 454 g/mol. The van der Waals surface area contributed by atoms with E-state index in [0.717, 1.165) is 41.1 Å². The second-order valence-corrected chi connectivity index (χ2v) is 10.3. The van der Waals surface area contributed by atoms with Crippen molar-refractivity contribution in [1.29, 1.82) is 0 Å². The number of rotatable bonds is 7. The molecule has 8 heteroatoms. The third kappa shape index (κ3) is 5.45. The van der Waals surface area contributed by atoms with Crippen LogP contribution in [0, 0.1) is 12.8 Å². The Bertz CT molecular complexity index is 1090. The minimum Gasteiger partial charge on any atom is -0.497 e. The van der Waals surface area contributed by atoms with E-state index in [1.54, 1.807) is 7.11 Å². The summed E-state index contributed by atoms with van der Waals surface area (Å²) in [6.45, 7) is 3.27. The van der Waals surface area contributed by atoms with Crippen LogP contribution in [0.3, 0.4) is 0 Å². The van der Waals surface area contributed by atoms with Gasteiger partial charge in [0.2, 0.25) is 0 Å². The molecule has 1 saturated heterocycles. The second kappa shape index (κ2) is 10.5. The lowest BCUT2D eigenvalue weighted by Gasteiger charge is -2.40. The van der Waals surface area contributed by atoms with Gasteiger partial charge in [-0.05, 0) is 61.2 Å². The van der Waals surface area contributed by atoms with Crippen molar-refractivity contribution >= 4 is 34.5 Å². The number of ether oxygens (including phenoxy) is 1. The van der Waals surface area contributed by atoms with Gasteiger partial charge in [-0.2, -0.15) is 11.3 Å².